The van der Waals surface area contributed by atoms with Crippen molar-refractivity contribution in [2.45, 2.75) is 32.8 Å². The molecule has 0 unspecified atom stereocenters. The van der Waals surface area contributed by atoms with Gasteiger partial charge in [0.25, 0.3) is 5.91 Å². The van der Waals surface area contributed by atoms with E-state index in [1.807, 2.05) is 6.92 Å². The molecule has 2 fully saturated rings. The SMILES string of the molecule is COCc1nc(C)c(C(=O)N2C[C@@H]3CCC[C@@]3(C(=O)O)C2)s1. The molecule has 6 nitrogen and oxygen atoms in total. The standard InChI is InChI=1S/C15H20N2O4S/c1-9-12(22-11(16-9)7-21-2)13(18)17-6-10-4-3-5-15(10,8-17)14(19)20/h10H,3-8H2,1-2H3,(H,19,20)/t10-,15+/m0/s1. The van der Waals surface area contributed by atoms with Crippen LogP contribution in [-0.4, -0.2) is 47.1 Å². The number of likely N-dealkylation sites (tertiary alicyclic amines) is 1. The van der Waals surface area contributed by atoms with Crippen LogP contribution in [0.5, 0.6) is 0 Å². The maximum absolute atomic E-state index is 12.7. The van der Waals surface area contributed by atoms with Crippen LogP contribution in [0.4, 0.5) is 0 Å². The van der Waals surface area contributed by atoms with Gasteiger partial charge in [-0.05, 0) is 25.7 Å². The Morgan fingerprint density at radius 2 is 2.32 bits per heavy atom. The van der Waals surface area contributed by atoms with Gasteiger partial charge in [0.2, 0.25) is 0 Å². The lowest BCUT2D eigenvalue weighted by Crippen LogP contribution is -2.37. The average molecular weight is 324 g/mol. The maximum atomic E-state index is 12.7. The van der Waals surface area contributed by atoms with Crippen molar-refractivity contribution in [3.05, 3.63) is 15.6 Å². The van der Waals surface area contributed by atoms with Gasteiger partial charge in [-0.25, -0.2) is 4.98 Å². The van der Waals surface area contributed by atoms with E-state index >= 15 is 0 Å². The molecule has 7 heteroatoms. The molecule has 0 radical (unpaired) electrons. The fourth-order valence-corrected chi connectivity index (χ4v) is 4.78. The quantitative estimate of drug-likeness (QED) is 0.915. The Balaban J connectivity index is 1.81. The number of rotatable bonds is 4. The van der Waals surface area contributed by atoms with Crippen molar-refractivity contribution in [2.75, 3.05) is 20.2 Å². The van der Waals surface area contributed by atoms with Crippen molar-refractivity contribution in [3.8, 4) is 0 Å². The first-order valence-corrected chi connectivity index (χ1v) is 8.27. The van der Waals surface area contributed by atoms with Crippen molar-refractivity contribution in [2.24, 2.45) is 11.3 Å². The van der Waals surface area contributed by atoms with Crippen LogP contribution in [0.3, 0.4) is 0 Å². The van der Waals surface area contributed by atoms with Crippen molar-refractivity contribution in [1.29, 1.82) is 0 Å². The Morgan fingerprint density at radius 1 is 1.55 bits per heavy atom. The van der Waals surface area contributed by atoms with Crippen LogP contribution < -0.4 is 0 Å². The highest BCUT2D eigenvalue weighted by atomic mass is 32.1. The van der Waals surface area contributed by atoms with E-state index in [1.54, 1.807) is 12.0 Å². The molecule has 22 heavy (non-hydrogen) atoms. The largest absolute Gasteiger partial charge is 0.481 e. The van der Waals surface area contributed by atoms with Crippen molar-refractivity contribution < 1.29 is 19.4 Å². The van der Waals surface area contributed by atoms with Gasteiger partial charge in [-0.2, -0.15) is 0 Å². The second kappa shape index (κ2) is 5.62. The summed E-state index contributed by atoms with van der Waals surface area (Å²) in [6, 6.07) is 0. The summed E-state index contributed by atoms with van der Waals surface area (Å²) in [5, 5.41) is 10.4. The van der Waals surface area contributed by atoms with Gasteiger partial charge in [-0.1, -0.05) is 6.42 Å². The van der Waals surface area contributed by atoms with Crippen molar-refractivity contribution in [1.82, 2.24) is 9.88 Å². The van der Waals surface area contributed by atoms with Gasteiger partial charge in [0.15, 0.2) is 0 Å². The molecule has 120 valence electrons. The molecule has 1 aliphatic carbocycles. The molecule has 1 aromatic heterocycles. The second-order valence-electron chi connectivity index (χ2n) is 6.19. The number of nitrogens with zero attached hydrogens (tertiary/aromatic N) is 2. The summed E-state index contributed by atoms with van der Waals surface area (Å²) in [5.74, 6) is -0.764. The highest BCUT2D eigenvalue weighted by Crippen LogP contribution is 2.49. The second-order valence-corrected chi connectivity index (χ2v) is 7.27. The van der Waals surface area contributed by atoms with Gasteiger partial charge >= 0.3 is 5.97 Å². The van der Waals surface area contributed by atoms with Gasteiger partial charge in [0.05, 0.1) is 17.7 Å². The number of amides is 1. The maximum Gasteiger partial charge on any atom is 0.311 e. The Hall–Kier alpha value is -1.47. The number of fused-ring (bicyclic) bond motifs is 1. The third-order valence-electron chi connectivity index (χ3n) is 4.89. The lowest BCUT2D eigenvalue weighted by molar-refractivity contribution is -0.149. The van der Waals surface area contributed by atoms with Gasteiger partial charge < -0.3 is 14.7 Å². The molecule has 3 rings (SSSR count). The average Bonchev–Trinajstić information content (AvgIpc) is 3.10. The first-order chi connectivity index (χ1) is 10.5. The van der Waals surface area contributed by atoms with E-state index in [0.717, 1.165) is 17.8 Å². The normalized spacial score (nSPS) is 27.2. The minimum absolute atomic E-state index is 0.0839. The number of methoxy groups -OCH3 is 1. The van der Waals surface area contributed by atoms with Gasteiger partial charge in [0.1, 0.15) is 9.88 Å². The summed E-state index contributed by atoms with van der Waals surface area (Å²) < 4.78 is 5.05. The van der Waals surface area contributed by atoms with E-state index in [-0.39, 0.29) is 11.8 Å². The van der Waals surface area contributed by atoms with Crippen LogP contribution in [-0.2, 0) is 16.1 Å². The van der Waals surface area contributed by atoms with Crippen LogP contribution >= 0.6 is 11.3 Å². The molecule has 0 spiro atoms. The monoisotopic (exact) mass is 324 g/mol. The summed E-state index contributed by atoms with van der Waals surface area (Å²) in [6.45, 7) is 3.07. The number of hydrogen-bond acceptors (Lipinski definition) is 5. The number of aromatic nitrogens is 1. The summed E-state index contributed by atoms with van der Waals surface area (Å²) in [6.07, 6.45) is 2.51. The molecule has 2 atom stereocenters. The predicted octanol–water partition coefficient (Wildman–Crippen LogP) is 1.92. The molecule has 2 aliphatic rings. The Morgan fingerprint density at radius 3 is 2.95 bits per heavy atom. The van der Waals surface area contributed by atoms with Crippen LogP contribution in [0.2, 0.25) is 0 Å². The minimum atomic E-state index is -0.758. The first kappa shape index (κ1) is 15.4. The number of carbonyl (C=O) groups is 2. The zero-order valence-corrected chi connectivity index (χ0v) is 13.6. The van der Waals surface area contributed by atoms with Crippen LogP contribution in [0.15, 0.2) is 0 Å². The van der Waals surface area contributed by atoms with Crippen molar-refractivity contribution in [3.63, 3.8) is 0 Å². The lowest BCUT2D eigenvalue weighted by Gasteiger charge is -2.23. The number of carboxylic acids is 1. The number of aliphatic carboxylic acids is 1. The van der Waals surface area contributed by atoms with Gasteiger partial charge in [-0.15, -0.1) is 11.3 Å². The summed E-state index contributed by atoms with van der Waals surface area (Å²) in [4.78, 5) is 31.1. The molecule has 1 aliphatic heterocycles. The number of carbonyl (C=O) groups excluding carboxylic acids is 1. The Labute approximate surface area is 133 Å². The summed E-state index contributed by atoms with van der Waals surface area (Å²) in [7, 11) is 1.59. The van der Waals surface area contributed by atoms with E-state index in [2.05, 4.69) is 4.98 Å². The number of ether oxygens (including phenoxy) is 1. The van der Waals surface area contributed by atoms with E-state index in [0.29, 0.717) is 36.7 Å². The van der Waals surface area contributed by atoms with Crippen LogP contribution in [0, 0.1) is 18.3 Å². The number of hydrogen-bond donors (Lipinski definition) is 1. The van der Waals surface area contributed by atoms with Crippen molar-refractivity contribution >= 4 is 23.2 Å². The van der Waals surface area contributed by atoms with Gasteiger partial charge in [-0.3, -0.25) is 9.59 Å². The highest BCUT2D eigenvalue weighted by molar-refractivity contribution is 7.13. The molecule has 1 saturated heterocycles. The molecule has 1 amide bonds. The van der Waals surface area contributed by atoms with E-state index in [9.17, 15) is 14.7 Å². The third-order valence-corrected chi connectivity index (χ3v) is 6.01. The molecule has 1 N–H and O–H groups in total. The fraction of sp³-hybridized carbons (Fsp3) is 0.667. The highest BCUT2D eigenvalue weighted by Gasteiger charge is 2.56. The number of aryl methyl sites for hydroxylation is 1. The number of carboxylic acid groups (broad SMARTS) is 1. The molecule has 0 bridgehead atoms. The minimum Gasteiger partial charge on any atom is -0.481 e. The topological polar surface area (TPSA) is 79.7 Å². The zero-order chi connectivity index (χ0) is 15.9. The van der Waals surface area contributed by atoms with Gasteiger partial charge in [0, 0.05) is 20.2 Å². The van der Waals surface area contributed by atoms with E-state index in [4.69, 9.17) is 4.74 Å². The fourth-order valence-electron chi connectivity index (χ4n) is 3.77. The summed E-state index contributed by atoms with van der Waals surface area (Å²) in [5.41, 5.74) is -0.0349. The predicted molar refractivity (Wildman–Crippen MR) is 80.9 cm³/mol. The summed E-state index contributed by atoms with van der Waals surface area (Å²) >= 11 is 1.34. The van der Waals surface area contributed by atoms with Crippen LogP contribution in [0.25, 0.3) is 0 Å². The van der Waals surface area contributed by atoms with E-state index in [1.165, 1.54) is 11.3 Å². The molecule has 0 aromatic carbocycles. The van der Waals surface area contributed by atoms with Crippen LogP contribution in [0.1, 0.15) is 39.6 Å². The molecule has 2 heterocycles. The lowest BCUT2D eigenvalue weighted by atomic mass is 9.81. The Kier molecular flexibility index (Phi) is 3.94. The molecular formula is C15H20N2O4S. The number of thiazole rings is 1. The first-order valence-electron chi connectivity index (χ1n) is 7.46. The smallest absolute Gasteiger partial charge is 0.311 e. The Bertz CT molecular complexity index is 615. The molecule has 1 saturated carbocycles. The molecule has 1 aromatic rings. The zero-order valence-electron chi connectivity index (χ0n) is 12.8. The third kappa shape index (κ3) is 2.32. The van der Waals surface area contributed by atoms with E-state index < -0.39 is 11.4 Å². The molecular weight excluding hydrogens is 304 g/mol.